The van der Waals surface area contributed by atoms with Gasteiger partial charge in [0.15, 0.2) is 5.43 Å². The molecule has 0 N–H and O–H groups in total. The van der Waals surface area contributed by atoms with Gasteiger partial charge >= 0.3 is 0 Å². The molecule has 1 aliphatic heterocycles. The molecule has 0 aliphatic carbocycles. The van der Waals surface area contributed by atoms with Crippen molar-refractivity contribution in [3.05, 3.63) is 58.6 Å². The van der Waals surface area contributed by atoms with Crippen LogP contribution < -0.4 is 14.9 Å². The van der Waals surface area contributed by atoms with E-state index in [1.165, 1.54) is 6.07 Å². The fourth-order valence-electron chi connectivity index (χ4n) is 4.63. The number of piperazine rings is 1. The zero-order valence-electron chi connectivity index (χ0n) is 21.1. The van der Waals surface area contributed by atoms with Crippen molar-refractivity contribution in [3.63, 3.8) is 0 Å². The second kappa shape index (κ2) is 11.7. The number of aromatic nitrogens is 1. The lowest BCUT2D eigenvalue weighted by Crippen LogP contribution is -2.44. The van der Waals surface area contributed by atoms with Gasteiger partial charge in [-0.15, -0.1) is 0 Å². The summed E-state index contributed by atoms with van der Waals surface area (Å²) in [5.41, 5.74) is 1.44. The average molecular weight is 482 g/mol. The van der Waals surface area contributed by atoms with E-state index in [2.05, 4.69) is 16.8 Å². The number of ether oxygens (including phenoxy) is 2. The number of likely N-dealkylation sites (N-methyl/N-ethyl adjacent to an activating group) is 1. The Labute approximate surface area is 206 Å². The van der Waals surface area contributed by atoms with Gasteiger partial charge in [0.25, 0.3) is 0 Å². The van der Waals surface area contributed by atoms with Gasteiger partial charge in [-0.2, -0.15) is 0 Å². The number of methoxy groups -OCH3 is 1. The number of halogens is 1. The molecule has 1 aromatic heterocycles. The third-order valence-electron chi connectivity index (χ3n) is 6.72. The van der Waals surface area contributed by atoms with Gasteiger partial charge in [0.2, 0.25) is 0 Å². The van der Waals surface area contributed by atoms with E-state index in [-0.39, 0.29) is 10.8 Å². The Morgan fingerprint density at radius 3 is 2.37 bits per heavy atom. The first-order valence-electron chi connectivity index (χ1n) is 12.6. The van der Waals surface area contributed by atoms with E-state index in [4.69, 9.17) is 9.47 Å². The van der Waals surface area contributed by atoms with Crippen LogP contribution >= 0.6 is 0 Å². The number of pyridine rings is 1. The fourth-order valence-corrected chi connectivity index (χ4v) is 4.63. The number of unbranched alkanes of at least 4 members (excludes halogenated alkanes) is 1. The number of hydrogen-bond donors (Lipinski definition) is 0. The van der Waals surface area contributed by atoms with Crippen molar-refractivity contribution < 1.29 is 13.9 Å². The van der Waals surface area contributed by atoms with Gasteiger partial charge in [-0.1, -0.05) is 19.1 Å². The maximum atomic E-state index is 15.1. The summed E-state index contributed by atoms with van der Waals surface area (Å²) in [6.07, 6.45) is 4.66. The lowest BCUT2D eigenvalue weighted by molar-refractivity contribution is 0.151. The van der Waals surface area contributed by atoms with Crippen LogP contribution in [0.15, 0.2) is 47.4 Å². The molecule has 3 aromatic rings. The average Bonchev–Trinajstić information content (AvgIpc) is 2.88. The summed E-state index contributed by atoms with van der Waals surface area (Å²) in [7, 11) is 3.77. The maximum Gasteiger partial charge on any atom is 0.200 e. The predicted octanol–water partition coefficient (Wildman–Crippen LogP) is 4.63. The smallest absolute Gasteiger partial charge is 0.200 e. The van der Waals surface area contributed by atoms with Crippen LogP contribution in [0, 0.1) is 5.82 Å². The third kappa shape index (κ3) is 5.85. The SMILES string of the molecule is CCCOc1ccc(F)c2c(=O)c(-c3ccc(OC)cc3)cn(CCCCN3CCN(C)CC3)c12. The van der Waals surface area contributed by atoms with Crippen LogP contribution in [0.5, 0.6) is 11.5 Å². The molecule has 0 amide bonds. The van der Waals surface area contributed by atoms with E-state index in [1.54, 1.807) is 13.2 Å². The van der Waals surface area contributed by atoms with Crippen molar-refractivity contribution in [2.24, 2.45) is 0 Å². The van der Waals surface area contributed by atoms with Gasteiger partial charge in [-0.3, -0.25) is 4.79 Å². The van der Waals surface area contributed by atoms with Gasteiger partial charge in [-0.25, -0.2) is 4.39 Å². The second-order valence-corrected chi connectivity index (χ2v) is 9.26. The highest BCUT2D eigenvalue weighted by Crippen LogP contribution is 2.30. The molecule has 4 rings (SSSR count). The van der Waals surface area contributed by atoms with E-state index in [9.17, 15) is 4.79 Å². The molecular formula is C28H36FN3O3. The molecule has 0 spiro atoms. The first-order valence-corrected chi connectivity index (χ1v) is 12.6. The molecule has 7 heteroatoms. The van der Waals surface area contributed by atoms with Crippen LogP contribution in [-0.2, 0) is 6.54 Å². The quantitative estimate of drug-likeness (QED) is 0.395. The van der Waals surface area contributed by atoms with Crippen molar-refractivity contribution >= 4 is 10.9 Å². The molecule has 0 atom stereocenters. The normalized spacial score (nSPS) is 15.0. The third-order valence-corrected chi connectivity index (χ3v) is 6.72. The highest BCUT2D eigenvalue weighted by atomic mass is 19.1. The van der Waals surface area contributed by atoms with Crippen molar-refractivity contribution in [2.45, 2.75) is 32.7 Å². The van der Waals surface area contributed by atoms with E-state index in [0.717, 1.165) is 57.5 Å². The number of benzene rings is 2. The fraction of sp³-hybridized carbons (Fsp3) is 0.464. The van der Waals surface area contributed by atoms with E-state index in [0.29, 0.717) is 35.7 Å². The lowest BCUT2D eigenvalue weighted by atomic mass is 10.0. The highest BCUT2D eigenvalue weighted by Gasteiger charge is 2.19. The maximum absolute atomic E-state index is 15.1. The lowest BCUT2D eigenvalue weighted by Gasteiger charge is -2.32. The molecule has 0 saturated carbocycles. The summed E-state index contributed by atoms with van der Waals surface area (Å²) in [5.74, 6) is 0.747. The summed E-state index contributed by atoms with van der Waals surface area (Å²) in [5, 5.41) is 0.0889. The summed E-state index contributed by atoms with van der Waals surface area (Å²) in [6.45, 7) is 8.67. The van der Waals surface area contributed by atoms with Crippen molar-refractivity contribution in [2.75, 3.05) is 53.5 Å². The highest BCUT2D eigenvalue weighted by molar-refractivity contribution is 5.89. The molecule has 0 bridgehead atoms. The summed E-state index contributed by atoms with van der Waals surface area (Å²) < 4.78 is 28.3. The van der Waals surface area contributed by atoms with Crippen molar-refractivity contribution in [3.8, 4) is 22.6 Å². The first-order chi connectivity index (χ1) is 17.0. The zero-order chi connectivity index (χ0) is 24.8. The van der Waals surface area contributed by atoms with Gasteiger partial charge in [-0.05, 0) is 62.7 Å². The first kappa shape index (κ1) is 25.2. The van der Waals surface area contributed by atoms with Crippen LogP contribution in [0.3, 0.4) is 0 Å². The van der Waals surface area contributed by atoms with Crippen LogP contribution in [-0.4, -0.2) is 67.9 Å². The number of nitrogens with zero attached hydrogens (tertiary/aromatic N) is 3. The minimum absolute atomic E-state index is 0.0889. The van der Waals surface area contributed by atoms with Crippen LogP contribution in [0.2, 0.25) is 0 Å². The van der Waals surface area contributed by atoms with Gasteiger partial charge in [0.05, 0.1) is 24.6 Å². The Balaban J connectivity index is 1.67. The molecule has 0 unspecified atom stereocenters. The number of hydrogen-bond acceptors (Lipinski definition) is 5. The molecule has 0 radical (unpaired) electrons. The van der Waals surface area contributed by atoms with Crippen LogP contribution in [0.25, 0.3) is 22.0 Å². The zero-order valence-corrected chi connectivity index (χ0v) is 21.1. The number of rotatable bonds is 10. The number of fused-ring (bicyclic) bond motifs is 1. The molecule has 2 aromatic carbocycles. The molecular weight excluding hydrogens is 445 g/mol. The summed E-state index contributed by atoms with van der Waals surface area (Å²) >= 11 is 0. The Hall–Kier alpha value is -2.90. The Kier molecular flexibility index (Phi) is 8.42. The summed E-state index contributed by atoms with van der Waals surface area (Å²) in [6, 6.07) is 10.3. The van der Waals surface area contributed by atoms with Gasteiger partial charge in [0.1, 0.15) is 17.3 Å². The van der Waals surface area contributed by atoms with Crippen molar-refractivity contribution in [1.29, 1.82) is 0 Å². The molecule has 188 valence electrons. The van der Waals surface area contributed by atoms with Gasteiger partial charge in [0, 0.05) is 44.5 Å². The molecule has 1 saturated heterocycles. The van der Waals surface area contributed by atoms with Crippen LogP contribution in [0.1, 0.15) is 26.2 Å². The molecule has 35 heavy (non-hydrogen) atoms. The molecule has 2 heterocycles. The molecule has 6 nitrogen and oxygen atoms in total. The Morgan fingerprint density at radius 1 is 0.971 bits per heavy atom. The molecule has 1 fully saturated rings. The Morgan fingerprint density at radius 2 is 1.69 bits per heavy atom. The Bertz CT molecular complexity index is 1180. The summed E-state index contributed by atoms with van der Waals surface area (Å²) in [4.78, 5) is 18.4. The van der Waals surface area contributed by atoms with Gasteiger partial charge < -0.3 is 23.8 Å². The van der Waals surface area contributed by atoms with E-state index in [1.807, 2.05) is 42.0 Å². The standard InChI is InChI=1S/C28H36FN3O3/c1-4-19-35-25-12-11-24(29)26-27(25)32(14-6-5-13-31-17-15-30(2)16-18-31)20-23(28(26)33)21-7-9-22(34-3)10-8-21/h7-12,20H,4-6,13-19H2,1-3H3. The van der Waals surface area contributed by atoms with E-state index < -0.39 is 5.82 Å². The minimum atomic E-state index is -0.518. The second-order valence-electron chi connectivity index (χ2n) is 9.26. The van der Waals surface area contributed by atoms with Crippen LogP contribution in [0.4, 0.5) is 4.39 Å². The largest absolute Gasteiger partial charge is 0.497 e. The topological polar surface area (TPSA) is 46.9 Å². The monoisotopic (exact) mass is 481 g/mol. The minimum Gasteiger partial charge on any atom is -0.497 e. The predicted molar refractivity (Wildman–Crippen MR) is 139 cm³/mol. The van der Waals surface area contributed by atoms with Crippen molar-refractivity contribution in [1.82, 2.24) is 14.4 Å². The van der Waals surface area contributed by atoms with E-state index >= 15 is 4.39 Å². The molecule has 1 aliphatic rings. The number of aryl methyl sites for hydroxylation is 1.